The molecule has 2 aromatic rings. The summed E-state index contributed by atoms with van der Waals surface area (Å²) >= 11 is 0. The number of amides is 2. The summed E-state index contributed by atoms with van der Waals surface area (Å²) in [6.07, 6.45) is 1.01. The van der Waals surface area contributed by atoms with E-state index in [0.717, 1.165) is 23.2 Å². The Kier molecular flexibility index (Phi) is 5.73. The van der Waals surface area contributed by atoms with E-state index in [1.165, 1.54) is 10.5 Å². The zero-order valence-corrected chi connectivity index (χ0v) is 17.0. The van der Waals surface area contributed by atoms with Crippen LogP contribution in [-0.4, -0.2) is 35.1 Å². The number of nitrogens with one attached hydrogen (secondary N) is 1. The summed E-state index contributed by atoms with van der Waals surface area (Å²) in [5.41, 5.74) is 3.59. The van der Waals surface area contributed by atoms with Crippen LogP contribution >= 0.6 is 0 Å². The normalized spacial score (nSPS) is 16.7. The van der Waals surface area contributed by atoms with E-state index in [0.29, 0.717) is 13.0 Å². The lowest BCUT2D eigenvalue weighted by Gasteiger charge is -2.28. The smallest absolute Gasteiger partial charge is 0.410 e. The van der Waals surface area contributed by atoms with E-state index < -0.39 is 17.7 Å². The molecule has 2 amide bonds. The molecule has 1 N–H and O–H groups in total. The highest BCUT2D eigenvalue weighted by Gasteiger charge is 2.36. The van der Waals surface area contributed by atoms with Crippen LogP contribution in [0.25, 0.3) is 11.1 Å². The molecule has 3 rings (SSSR count). The Balaban J connectivity index is 1.66. The van der Waals surface area contributed by atoms with Gasteiger partial charge < -0.3 is 10.1 Å². The van der Waals surface area contributed by atoms with Gasteiger partial charge in [-0.1, -0.05) is 42.0 Å². The Morgan fingerprint density at radius 2 is 1.79 bits per heavy atom. The minimum Gasteiger partial charge on any atom is -0.444 e. The van der Waals surface area contributed by atoms with Gasteiger partial charge in [0, 0.05) is 12.2 Å². The van der Waals surface area contributed by atoms with Crippen LogP contribution < -0.4 is 5.32 Å². The van der Waals surface area contributed by atoms with Gasteiger partial charge in [0.05, 0.1) is 0 Å². The summed E-state index contributed by atoms with van der Waals surface area (Å²) in [5, 5.41) is 2.93. The number of likely N-dealkylation sites (tertiary alicyclic amines) is 1. The van der Waals surface area contributed by atoms with Crippen molar-refractivity contribution in [2.45, 2.75) is 52.2 Å². The van der Waals surface area contributed by atoms with Crippen LogP contribution in [0.4, 0.5) is 10.5 Å². The average molecular weight is 380 g/mol. The summed E-state index contributed by atoms with van der Waals surface area (Å²) in [7, 11) is 0. The van der Waals surface area contributed by atoms with Gasteiger partial charge >= 0.3 is 6.09 Å². The molecule has 0 spiro atoms. The van der Waals surface area contributed by atoms with Gasteiger partial charge in [0.15, 0.2) is 0 Å². The van der Waals surface area contributed by atoms with Crippen LogP contribution in [0, 0.1) is 6.92 Å². The zero-order chi connectivity index (χ0) is 20.3. The molecule has 5 nitrogen and oxygen atoms in total. The average Bonchev–Trinajstić information content (AvgIpc) is 3.11. The third kappa shape index (κ3) is 4.91. The van der Waals surface area contributed by atoms with Crippen LogP contribution in [0.3, 0.4) is 0 Å². The second kappa shape index (κ2) is 8.05. The van der Waals surface area contributed by atoms with Crippen molar-refractivity contribution in [3.05, 3.63) is 54.1 Å². The van der Waals surface area contributed by atoms with E-state index in [2.05, 4.69) is 30.4 Å². The first-order valence-electron chi connectivity index (χ1n) is 9.70. The quantitative estimate of drug-likeness (QED) is 0.815. The van der Waals surface area contributed by atoms with Crippen molar-refractivity contribution in [2.75, 3.05) is 11.9 Å². The fourth-order valence-corrected chi connectivity index (χ4v) is 3.37. The molecule has 1 aliphatic rings. The zero-order valence-electron chi connectivity index (χ0n) is 17.0. The van der Waals surface area contributed by atoms with Crippen LogP contribution in [0.1, 0.15) is 39.2 Å². The summed E-state index contributed by atoms with van der Waals surface area (Å²) in [5.74, 6) is -0.174. The lowest BCUT2D eigenvalue weighted by atomic mass is 10.0. The van der Waals surface area contributed by atoms with Crippen molar-refractivity contribution in [1.82, 2.24) is 4.90 Å². The minimum absolute atomic E-state index is 0.174. The monoisotopic (exact) mass is 380 g/mol. The lowest BCUT2D eigenvalue weighted by Crippen LogP contribution is -2.45. The van der Waals surface area contributed by atoms with Gasteiger partial charge in [0.2, 0.25) is 5.91 Å². The Morgan fingerprint density at radius 3 is 2.43 bits per heavy atom. The van der Waals surface area contributed by atoms with Crippen molar-refractivity contribution >= 4 is 17.7 Å². The topological polar surface area (TPSA) is 58.6 Å². The van der Waals surface area contributed by atoms with Crippen LogP contribution in [0.2, 0.25) is 0 Å². The highest BCUT2D eigenvalue weighted by Crippen LogP contribution is 2.24. The number of ether oxygens (including phenoxy) is 1. The molecule has 1 aliphatic heterocycles. The number of benzene rings is 2. The molecule has 0 aromatic heterocycles. The molecule has 5 heteroatoms. The van der Waals surface area contributed by atoms with E-state index in [1.807, 2.05) is 51.1 Å². The highest BCUT2D eigenvalue weighted by atomic mass is 16.6. The van der Waals surface area contributed by atoms with Gasteiger partial charge in [-0.25, -0.2) is 4.79 Å². The molecule has 148 valence electrons. The molecule has 1 saturated heterocycles. The van der Waals surface area contributed by atoms with Crippen LogP contribution in [-0.2, 0) is 9.53 Å². The van der Waals surface area contributed by atoms with Gasteiger partial charge in [-0.3, -0.25) is 9.69 Å². The summed E-state index contributed by atoms with van der Waals surface area (Å²) in [4.78, 5) is 26.6. The molecule has 0 saturated carbocycles. The van der Waals surface area contributed by atoms with Gasteiger partial charge in [0.1, 0.15) is 11.6 Å². The fourth-order valence-electron chi connectivity index (χ4n) is 3.37. The van der Waals surface area contributed by atoms with Gasteiger partial charge in [0.25, 0.3) is 0 Å². The number of carbonyl (C=O) groups is 2. The van der Waals surface area contributed by atoms with E-state index in [4.69, 9.17) is 4.74 Å². The molecule has 1 fully saturated rings. The Labute approximate surface area is 166 Å². The van der Waals surface area contributed by atoms with Crippen molar-refractivity contribution in [3.8, 4) is 11.1 Å². The van der Waals surface area contributed by atoms with E-state index in [-0.39, 0.29) is 5.91 Å². The summed E-state index contributed by atoms with van der Waals surface area (Å²) in [6.45, 7) is 8.08. The number of aryl methyl sites for hydroxylation is 1. The third-order valence-electron chi connectivity index (χ3n) is 4.69. The number of anilines is 1. The molecule has 28 heavy (non-hydrogen) atoms. The van der Waals surface area contributed by atoms with Crippen molar-refractivity contribution in [2.24, 2.45) is 0 Å². The Bertz CT molecular complexity index is 853. The van der Waals surface area contributed by atoms with Crippen molar-refractivity contribution in [1.29, 1.82) is 0 Å². The van der Waals surface area contributed by atoms with E-state index in [9.17, 15) is 9.59 Å². The minimum atomic E-state index is -0.577. The van der Waals surface area contributed by atoms with Gasteiger partial charge in [-0.15, -0.1) is 0 Å². The van der Waals surface area contributed by atoms with E-state index in [1.54, 1.807) is 0 Å². The van der Waals surface area contributed by atoms with Crippen molar-refractivity contribution < 1.29 is 14.3 Å². The predicted octanol–water partition coefficient (Wildman–Crippen LogP) is 5.00. The second-order valence-electron chi connectivity index (χ2n) is 8.27. The maximum Gasteiger partial charge on any atom is 0.410 e. The second-order valence-corrected chi connectivity index (χ2v) is 8.27. The summed E-state index contributed by atoms with van der Waals surface area (Å²) in [6, 6.07) is 15.6. The predicted molar refractivity (Wildman–Crippen MR) is 111 cm³/mol. The van der Waals surface area contributed by atoms with Gasteiger partial charge in [-0.05, 0) is 63.8 Å². The fraction of sp³-hybridized carbons (Fsp3) is 0.391. The van der Waals surface area contributed by atoms with Crippen LogP contribution in [0.5, 0.6) is 0 Å². The highest BCUT2D eigenvalue weighted by molar-refractivity contribution is 5.97. The standard InChI is InChI=1S/C23H28N2O3/c1-16-7-5-8-18(15-16)17-10-12-19(13-11-17)24-21(26)20-9-6-14-25(20)22(27)28-23(2,3)4/h5,7-8,10-13,15,20H,6,9,14H2,1-4H3,(H,24,26)/t20-/m0/s1. The molecule has 0 aliphatic carbocycles. The molecule has 0 unspecified atom stereocenters. The number of rotatable bonds is 3. The molecule has 0 bridgehead atoms. The van der Waals surface area contributed by atoms with Crippen molar-refractivity contribution in [3.63, 3.8) is 0 Å². The van der Waals surface area contributed by atoms with Gasteiger partial charge in [-0.2, -0.15) is 0 Å². The first-order chi connectivity index (χ1) is 13.2. The SMILES string of the molecule is Cc1cccc(-c2ccc(NC(=O)[C@@H]3CCCN3C(=O)OC(C)(C)C)cc2)c1. The van der Waals surface area contributed by atoms with E-state index >= 15 is 0 Å². The largest absolute Gasteiger partial charge is 0.444 e. The number of nitrogens with zero attached hydrogens (tertiary/aromatic N) is 1. The molecule has 1 heterocycles. The number of carbonyl (C=O) groups excluding carboxylic acids is 2. The van der Waals surface area contributed by atoms with Crippen LogP contribution in [0.15, 0.2) is 48.5 Å². The molecule has 1 atom stereocenters. The first-order valence-corrected chi connectivity index (χ1v) is 9.70. The Hall–Kier alpha value is -2.82. The number of hydrogen-bond acceptors (Lipinski definition) is 3. The maximum absolute atomic E-state index is 12.7. The maximum atomic E-state index is 12.7. The third-order valence-corrected chi connectivity index (χ3v) is 4.69. The first kappa shape index (κ1) is 19.9. The molecule has 0 radical (unpaired) electrons. The molecular weight excluding hydrogens is 352 g/mol. The molecule has 2 aromatic carbocycles. The lowest BCUT2D eigenvalue weighted by molar-refractivity contribution is -0.120. The molecular formula is C23H28N2O3. The summed E-state index contributed by atoms with van der Waals surface area (Å²) < 4.78 is 5.43. The number of hydrogen-bond donors (Lipinski definition) is 1. The Morgan fingerprint density at radius 1 is 1.07 bits per heavy atom.